The number of rotatable bonds is 6. The van der Waals surface area contributed by atoms with Crippen molar-refractivity contribution in [3.8, 4) is 5.75 Å². The number of para-hydroxylation sites is 1. The third-order valence-electron chi connectivity index (χ3n) is 6.96. The number of aromatic hydroxyl groups is 1. The summed E-state index contributed by atoms with van der Waals surface area (Å²) in [5.41, 5.74) is 1.98. The van der Waals surface area contributed by atoms with E-state index in [4.69, 9.17) is 0 Å². The molecule has 1 aliphatic heterocycles. The number of hydrogen-bond donors (Lipinski definition) is 3. The molecule has 2 unspecified atom stereocenters. The lowest BCUT2D eigenvalue weighted by atomic mass is 9.77. The molecular formula is C22H29N9O2. The number of hydrogen-bond acceptors (Lipinski definition) is 8. The van der Waals surface area contributed by atoms with Crippen LogP contribution >= 0.6 is 0 Å². The minimum absolute atomic E-state index is 0.117. The first kappa shape index (κ1) is 21.5. The van der Waals surface area contributed by atoms with Crippen LogP contribution < -0.4 is 5.56 Å². The molecule has 3 aromatic rings. The van der Waals surface area contributed by atoms with Crippen LogP contribution in [0.2, 0.25) is 0 Å². The maximum Gasteiger partial charge on any atom is 0.294 e. The Morgan fingerprint density at radius 2 is 2.03 bits per heavy atom. The Balaban J connectivity index is 1.36. The van der Waals surface area contributed by atoms with Crippen LogP contribution in [0.15, 0.2) is 33.2 Å². The fourth-order valence-electron chi connectivity index (χ4n) is 5.01. The largest absolute Gasteiger partial charge is 0.505 e. The predicted octanol–water partition coefficient (Wildman–Crippen LogP) is 3.44. The van der Waals surface area contributed by atoms with Crippen molar-refractivity contribution in [2.45, 2.75) is 57.4 Å². The van der Waals surface area contributed by atoms with E-state index < -0.39 is 0 Å². The van der Waals surface area contributed by atoms with E-state index in [0.717, 1.165) is 56.7 Å². The molecule has 11 heteroatoms. The van der Waals surface area contributed by atoms with E-state index in [1.165, 1.54) is 0 Å². The summed E-state index contributed by atoms with van der Waals surface area (Å²) in [4.78, 5) is 15.1. The average Bonchev–Trinajstić information content (AvgIpc) is 3.42. The zero-order chi connectivity index (χ0) is 22.9. The fraction of sp³-hybridized carbons (Fsp3) is 0.545. The molecule has 1 saturated heterocycles. The lowest BCUT2D eigenvalue weighted by Gasteiger charge is -2.38. The molecule has 2 aliphatic rings. The number of H-pyrrole nitrogens is 2. The second kappa shape index (κ2) is 8.89. The van der Waals surface area contributed by atoms with Gasteiger partial charge in [0.2, 0.25) is 0 Å². The SMILES string of the molecule is CCN1CC(n2[nH]c(C)c(N=Nc3cccc(C4CCCC(c5nn[nH]n5)C4)c3O)c2=O)C1. The Hall–Kier alpha value is -3.34. The number of nitrogens with one attached hydrogen (secondary N) is 2. The summed E-state index contributed by atoms with van der Waals surface area (Å²) < 4.78 is 1.65. The molecular weight excluding hydrogens is 422 g/mol. The molecule has 2 aromatic heterocycles. The van der Waals surface area contributed by atoms with Crippen molar-refractivity contribution in [3.63, 3.8) is 0 Å². The van der Waals surface area contributed by atoms with Crippen LogP contribution in [-0.2, 0) is 0 Å². The molecule has 5 rings (SSSR count). The highest BCUT2D eigenvalue weighted by Gasteiger charge is 2.30. The lowest BCUT2D eigenvalue weighted by molar-refractivity contribution is 0.103. The number of phenolic OH excluding ortho intramolecular Hbond substituents is 1. The number of benzene rings is 1. The van der Waals surface area contributed by atoms with Gasteiger partial charge < -0.3 is 5.11 Å². The minimum atomic E-state index is -0.178. The second-order valence-electron chi connectivity index (χ2n) is 9.01. The van der Waals surface area contributed by atoms with E-state index in [1.54, 1.807) is 10.7 Å². The Labute approximate surface area is 190 Å². The molecule has 3 heterocycles. The lowest BCUT2D eigenvalue weighted by Crippen LogP contribution is -2.49. The normalized spacial score (nSPS) is 22.1. The van der Waals surface area contributed by atoms with Gasteiger partial charge in [-0.3, -0.25) is 14.8 Å². The van der Waals surface area contributed by atoms with E-state index in [0.29, 0.717) is 11.4 Å². The number of tetrazole rings is 1. The van der Waals surface area contributed by atoms with Crippen molar-refractivity contribution in [2.75, 3.05) is 19.6 Å². The number of phenols is 1. The van der Waals surface area contributed by atoms with E-state index in [1.807, 2.05) is 19.1 Å². The molecule has 1 saturated carbocycles. The van der Waals surface area contributed by atoms with Crippen LogP contribution in [0.1, 0.15) is 67.6 Å². The maximum atomic E-state index is 12.9. The van der Waals surface area contributed by atoms with Crippen molar-refractivity contribution in [2.24, 2.45) is 10.2 Å². The monoisotopic (exact) mass is 451 g/mol. The van der Waals surface area contributed by atoms with Crippen LogP contribution in [-0.4, -0.2) is 60.0 Å². The number of aromatic nitrogens is 6. The van der Waals surface area contributed by atoms with Gasteiger partial charge in [0.25, 0.3) is 5.56 Å². The second-order valence-corrected chi connectivity index (χ2v) is 9.01. The molecule has 3 N–H and O–H groups in total. The van der Waals surface area contributed by atoms with Crippen molar-refractivity contribution in [3.05, 3.63) is 45.6 Å². The van der Waals surface area contributed by atoms with Gasteiger partial charge in [0.1, 0.15) is 11.4 Å². The molecule has 11 nitrogen and oxygen atoms in total. The highest BCUT2D eigenvalue weighted by atomic mass is 16.3. The van der Waals surface area contributed by atoms with E-state index >= 15 is 0 Å². The van der Waals surface area contributed by atoms with Crippen LogP contribution in [0.25, 0.3) is 0 Å². The summed E-state index contributed by atoms with van der Waals surface area (Å²) in [7, 11) is 0. The van der Waals surface area contributed by atoms with Crippen LogP contribution in [0, 0.1) is 6.92 Å². The van der Waals surface area contributed by atoms with Gasteiger partial charge in [0.15, 0.2) is 11.5 Å². The Morgan fingerprint density at radius 3 is 2.79 bits per heavy atom. The molecule has 1 aromatic carbocycles. The van der Waals surface area contributed by atoms with Gasteiger partial charge in [-0.25, -0.2) is 4.68 Å². The minimum Gasteiger partial charge on any atom is -0.505 e. The van der Waals surface area contributed by atoms with Crippen molar-refractivity contribution < 1.29 is 5.11 Å². The number of aromatic amines is 2. The van der Waals surface area contributed by atoms with Crippen molar-refractivity contribution in [1.29, 1.82) is 0 Å². The number of likely N-dealkylation sites (tertiary alicyclic amines) is 1. The Kier molecular flexibility index (Phi) is 5.79. The Bertz CT molecular complexity index is 1190. The van der Waals surface area contributed by atoms with Gasteiger partial charge in [-0.1, -0.05) is 30.7 Å². The number of likely N-dealkylation sites (N-methyl/N-ethyl adjacent to an activating group) is 1. The number of nitrogens with zero attached hydrogens (tertiary/aromatic N) is 7. The molecule has 0 amide bonds. The maximum absolute atomic E-state index is 12.9. The average molecular weight is 452 g/mol. The molecule has 174 valence electrons. The zero-order valence-corrected chi connectivity index (χ0v) is 18.9. The first-order chi connectivity index (χ1) is 16.0. The predicted molar refractivity (Wildman–Crippen MR) is 121 cm³/mol. The van der Waals surface area contributed by atoms with Crippen molar-refractivity contribution >= 4 is 11.4 Å². The summed E-state index contributed by atoms with van der Waals surface area (Å²) in [5, 5.41) is 37.1. The third kappa shape index (κ3) is 4.08. The van der Waals surface area contributed by atoms with Gasteiger partial charge in [0.05, 0.1) is 11.7 Å². The quantitative estimate of drug-likeness (QED) is 0.490. The summed E-state index contributed by atoms with van der Waals surface area (Å²) in [5.74, 6) is 1.22. The smallest absolute Gasteiger partial charge is 0.294 e. The van der Waals surface area contributed by atoms with E-state index in [-0.39, 0.29) is 34.9 Å². The molecule has 0 radical (unpaired) electrons. The highest BCUT2D eigenvalue weighted by molar-refractivity contribution is 5.56. The van der Waals surface area contributed by atoms with Gasteiger partial charge in [-0.15, -0.1) is 20.4 Å². The summed E-state index contributed by atoms with van der Waals surface area (Å²) in [6, 6.07) is 5.66. The zero-order valence-electron chi connectivity index (χ0n) is 18.9. The first-order valence-corrected chi connectivity index (χ1v) is 11.6. The summed E-state index contributed by atoms with van der Waals surface area (Å²) >= 11 is 0. The molecule has 2 fully saturated rings. The van der Waals surface area contributed by atoms with Crippen molar-refractivity contribution in [1.82, 2.24) is 35.3 Å². The van der Waals surface area contributed by atoms with E-state index in [9.17, 15) is 9.90 Å². The van der Waals surface area contributed by atoms with Crippen LogP contribution in [0.4, 0.5) is 11.4 Å². The molecule has 0 bridgehead atoms. The first-order valence-electron chi connectivity index (χ1n) is 11.6. The summed E-state index contributed by atoms with van der Waals surface area (Å²) in [6.07, 6.45) is 3.84. The number of aryl methyl sites for hydroxylation is 1. The van der Waals surface area contributed by atoms with E-state index in [2.05, 4.69) is 47.8 Å². The van der Waals surface area contributed by atoms with Gasteiger partial charge in [-0.05, 0) is 50.3 Å². The third-order valence-corrected chi connectivity index (χ3v) is 6.96. The molecule has 2 atom stereocenters. The topological polar surface area (TPSA) is 140 Å². The fourth-order valence-corrected chi connectivity index (χ4v) is 5.01. The van der Waals surface area contributed by atoms with Crippen LogP contribution in [0.5, 0.6) is 5.75 Å². The molecule has 0 spiro atoms. The van der Waals surface area contributed by atoms with Gasteiger partial charge >= 0.3 is 0 Å². The van der Waals surface area contributed by atoms with Gasteiger partial charge in [0, 0.05) is 19.0 Å². The number of azo groups is 1. The molecule has 33 heavy (non-hydrogen) atoms. The highest BCUT2D eigenvalue weighted by Crippen LogP contribution is 2.45. The standard InChI is InChI=1S/C22H29N9O2/c1-3-30-11-16(12-30)31-22(33)19(13(2)27-31)24-23-18-9-5-8-17(20(18)32)14-6-4-7-15(10-14)21-25-28-29-26-21/h5,8-9,14-16,27,32H,3-4,6-7,10-12H2,1-2H3,(H,25,26,28,29). The van der Waals surface area contributed by atoms with Crippen LogP contribution in [0.3, 0.4) is 0 Å². The Morgan fingerprint density at radius 1 is 1.21 bits per heavy atom. The molecule has 1 aliphatic carbocycles. The summed E-state index contributed by atoms with van der Waals surface area (Å²) in [6.45, 7) is 6.60. The van der Waals surface area contributed by atoms with Gasteiger partial charge in [-0.2, -0.15) is 5.21 Å².